The van der Waals surface area contributed by atoms with Gasteiger partial charge in [-0.1, -0.05) is 12.1 Å². The standard InChI is InChI=1S/C14H15BrN4/c1-9-3-2-4-10(7-9)17-13-11-8-16-6-5-12(11)18-14(15)19-13/h2-4,7,16H,5-6,8H2,1H3,(H,17,18,19). The van der Waals surface area contributed by atoms with Gasteiger partial charge in [0, 0.05) is 30.8 Å². The molecule has 0 fully saturated rings. The van der Waals surface area contributed by atoms with Crippen molar-refractivity contribution in [1.82, 2.24) is 15.3 Å². The van der Waals surface area contributed by atoms with Gasteiger partial charge in [0.2, 0.25) is 0 Å². The largest absolute Gasteiger partial charge is 0.340 e. The lowest BCUT2D eigenvalue weighted by Crippen LogP contribution is -2.26. The molecule has 4 nitrogen and oxygen atoms in total. The summed E-state index contributed by atoms with van der Waals surface area (Å²) in [4.78, 5) is 8.92. The second-order valence-corrected chi connectivity index (χ2v) is 5.40. The monoisotopic (exact) mass is 318 g/mol. The van der Waals surface area contributed by atoms with Crippen LogP contribution in [0.2, 0.25) is 0 Å². The van der Waals surface area contributed by atoms with Gasteiger partial charge in [-0.3, -0.25) is 0 Å². The van der Waals surface area contributed by atoms with E-state index in [1.165, 1.54) is 5.56 Å². The summed E-state index contributed by atoms with van der Waals surface area (Å²) < 4.78 is 0.642. The number of aryl methyl sites for hydroxylation is 1. The first kappa shape index (κ1) is 12.6. The molecule has 1 aliphatic heterocycles. The number of hydrogen-bond donors (Lipinski definition) is 2. The molecular weight excluding hydrogens is 304 g/mol. The summed E-state index contributed by atoms with van der Waals surface area (Å²) in [5.74, 6) is 0.884. The predicted molar refractivity (Wildman–Crippen MR) is 79.6 cm³/mol. The van der Waals surface area contributed by atoms with Crippen molar-refractivity contribution >= 4 is 27.4 Å². The number of nitrogens with one attached hydrogen (secondary N) is 2. The molecule has 1 aromatic heterocycles. The van der Waals surface area contributed by atoms with E-state index >= 15 is 0 Å². The quantitative estimate of drug-likeness (QED) is 0.836. The predicted octanol–water partition coefficient (Wildman–Crippen LogP) is 2.94. The van der Waals surface area contributed by atoms with Crippen LogP contribution in [0.4, 0.5) is 11.5 Å². The molecule has 1 aliphatic rings. The van der Waals surface area contributed by atoms with Gasteiger partial charge in [0.25, 0.3) is 0 Å². The van der Waals surface area contributed by atoms with Gasteiger partial charge in [0.05, 0.1) is 5.69 Å². The van der Waals surface area contributed by atoms with Crippen molar-refractivity contribution in [2.24, 2.45) is 0 Å². The number of aromatic nitrogens is 2. The Kier molecular flexibility index (Phi) is 3.48. The Morgan fingerprint density at radius 2 is 2.21 bits per heavy atom. The van der Waals surface area contributed by atoms with Gasteiger partial charge >= 0.3 is 0 Å². The first-order chi connectivity index (χ1) is 9.22. The molecule has 0 atom stereocenters. The van der Waals surface area contributed by atoms with Gasteiger partial charge in [-0.2, -0.15) is 0 Å². The van der Waals surface area contributed by atoms with Gasteiger partial charge < -0.3 is 10.6 Å². The van der Waals surface area contributed by atoms with Crippen LogP contribution in [-0.2, 0) is 13.0 Å². The first-order valence-corrected chi connectivity index (χ1v) is 7.11. The number of fused-ring (bicyclic) bond motifs is 1. The van der Waals surface area contributed by atoms with Gasteiger partial charge in [-0.15, -0.1) is 0 Å². The highest BCUT2D eigenvalue weighted by Gasteiger charge is 2.16. The zero-order valence-corrected chi connectivity index (χ0v) is 12.3. The second kappa shape index (κ2) is 5.27. The number of hydrogen-bond acceptors (Lipinski definition) is 4. The van der Waals surface area contributed by atoms with Crippen LogP contribution in [-0.4, -0.2) is 16.5 Å². The van der Waals surface area contributed by atoms with E-state index in [-0.39, 0.29) is 0 Å². The molecule has 0 spiro atoms. The van der Waals surface area contributed by atoms with Crippen molar-refractivity contribution in [2.75, 3.05) is 11.9 Å². The molecule has 1 aromatic carbocycles. The van der Waals surface area contributed by atoms with Gasteiger partial charge in [0.15, 0.2) is 4.73 Å². The molecule has 0 saturated carbocycles. The molecule has 3 rings (SSSR count). The van der Waals surface area contributed by atoms with Crippen molar-refractivity contribution in [3.63, 3.8) is 0 Å². The zero-order chi connectivity index (χ0) is 13.2. The normalized spacial score (nSPS) is 14.0. The fraction of sp³-hybridized carbons (Fsp3) is 0.286. The highest BCUT2D eigenvalue weighted by Crippen LogP contribution is 2.25. The van der Waals surface area contributed by atoms with Crippen LogP contribution in [0.3, 0.4) is 0 Å². The lowest BCUT2D eigenvalue weighted by Gasteiger charge is -2.19. The molecule has 0 unspecified atom stereocenters. The Balaban J connectivity index is 1.98. The van der Waals surface area contributed by atoms with E-state index in [0.717, 1.165) is 42.3 Å². The van der Waals surface area contributed by atoms with E-state index < -0.39 is 0 Å². The lowest BCUT2D eigenvalue weighted by molar-refractivity contribution is 0.626. The summed E-state index contributed by atoms with van der Waals surface area (Å²) in [6.45, 7) is 3.87. The molecule has 2 aromatic rings. The van der Waals surface area contributed by atoms with Crippen molar-refractivity contribution in [3.05, 3.63) is 45.8 Å². The Labute approximate surface area is 120 Å². The van der Waals surface area contributed by atoms with E-state index in [9.17, 15) is 0 Å². The minimum Gasteiger partial charge on any atom is -0.340 e. The third kappa shape index (κ3) is 2.77. The fourth-order valence-corrected chi connectivity index (χ4v) is 2.67. The highest BCUT2D eigenvalue weighted by atomic mass is 79.9. The average molecular weight is 319 g/mol. The molecule has 0 aliphatic carbocycles. The average Bonchev–Trinajstić information content (AvgIpc) is 2.38. The number of nitrogens with zero attached hydrogens (tertiary/aromatic N) is 2. The van der Waals surface area contributed by atoms with E-state index in [1.807, 2.05) is 12.1 Å². The minimum atomic E-state index is 0.642. The summed E-state index contributed by atoms with van der Waals surface area (Å²) in [6.07, 6.45) is 0.943. The smallest absolute Gasteiger partial charge is 0.198 e. The maximum absolute atomic E-state index is 4.47. The topological polar surface area (TPSA) is 49.8 Å². The highest BCUT2D eigenvalue weighted by molar-refractivity contribution is 9.10. The van der Waals surface area contributed by atoms with Crippen LogP contribution in [0.25, 0.3) is 0 Å². The third-order valence-corrected chi connectivity index (χ3v) is 3.54. The first-order valence-electron chi connectivity index (χ1n) is 6.32. The molecule has 0 bridgehead atoms. The maximum Gasteiger partial charge on any atom is 0.198 e. The molecule has 0 amide bonds. The van der Waals surface area contributed by atoms with Gasteiger partial charge in [-0.25, -0.2) is 9.97 Å². The number of anilines is 2. The lowest BCUT2D eigenvalue weighted by atomic mass is 10.1. The van der Waals surface area contributed by atoms with Crippen LogP contribution >= 0.6 is 15.9 Å². The Bertz CT molecular complexity index is 612. The number of halogens is 1. The molecule has 2 N–H and O–H groups in total. The molecule has 98 valence electrons. The zero-order valence-electron chi connectivity index (χ0n) is 10.7. The van der Waals surface area contributed by atoms with Gasteiger partial charge in [0.1, 0.15) is 5.82 Å². The van der Waals surface area contributed by atoms with E-state index in [0.29, 0.717) is 4.73 Å². The summed E-state index contributed by atoms with van der Waals surface area (Å²) in [5.41, 5.74) is 4.57. The van der Waals surface area contributed by atoms with Crippen molar-refractivity contribution < 1.29 is 0 Å². The van der Waals surface area contributed by atoms with Crippen LogP contribution in [0.5, 0.6) is 0 Å². The molecule has 19 heavy (non-hydrogen) atoms. The van der Waals surface area contributed by atoms with E-state index in [2.05, 4.69) is 55.6 Å². The second-order valence-electron chi connectivity index (χ2n) is 4.69. The van der Waals surface area contributed by atoms with Crippen LogP contribution in [0, 0.1) is 6.92 Å². The van der Waals surface area contributed by atoms with Crippen molar-refractivity contribution in [1.29, 1.82) is 0 Å². The van der Waals surface area contributed by atoms with Crippen molar-refractivity contribution in [3.8, 4) is 0 Å². The maximum atomic E-state index is 4.47. The SMILES string of the molecule is Cc1cccc(Nc2nc(Br)nc3c2CNCC3)c1. The molecular formula is C14H15BrN4. The molecule has 0 saturated heterocycles. The Hall–Kier alpha value is -1.46. The van der Waals surface area contributed by atoms with Crippen molar-refractivity contribution in [2.45, 2.75) is 19.9 Å². The van der Waals surface area contributed by atoms with Gasteiger partial charge in [-0.05, 0) is 40.5 Å². The van der Waals surface area contributed by atoms with E-state index in [4.69, 9.17) is 0 Å². The summed E-state index contributed by atoms with van der Waals surface area (Å²) in [7, 11) is 0. The van der Waals surface area contributed by atoms with Crippen LogP contribution in [0.1, 0.15) is 16.8 Å². The molecule has 0 radical (unpaired) electrons. The van der Waals surface area contributed by atoms with E-state index in [1.54, 1.807) is 0 Å². The Morgan fingerprint density at radius 1 is 1.32 bits per heavy atom. The van der Waals surface area contributed by atoms with Crippen LogP contribution in [0.15, 0.2) is 29.0 Å². The minimum absolute atomic E-state index is 0.642. The summed E-state index contributed by atoms with van der Waals surface area (Å²) >= 11 is 3.39. The Morgan fingerprint density at radius 3 is 3.05 bits per heavy atom. The molecule has 5 heteroatoms. The number of benzene rings is 1. The summed E-state index contributed by atoms with van der Waals surface area (Å²) in [6, 6.07) is 8.28. The van der Waals surface area contributed by atoms with Crippen LogP contribution < -0.4 is 10.6 Å². The third-order valence-electron chi connectivity index (χ3n) is 3.19. The molecule has 2 heterocycles. The fourth-order valence-electron chi connectivity index (χ4n) is 2.28. The number of rotatable bonds is 2. The summed E-state index contributed by atoms with van der Waals surface area (Å²) in [5, 5.41) is 6.76.